The first-order valence-corrected chi connectivity index (χ1v) is 15.1. The molecule has 2 aromatic rings. The lowest BCUT2D eigenvalue weighted by atomic mass is 9.85. The average molecular weight is 643 g/mol. The fourth-order valence-electron chi connectivity index (χ4n) is 7.01. The number of piperazine rings is 1. The number of nitrogens with zero attached hydrogens (tertiary/aromatic N) is 4. The molecule has 0 aliphatic carbocycles. The lowest BCUT2D eigenvalue weighted by Gasteiger charge is -2.45. The third-order valence-electron chi connectivity index (χ3n) is 9.62. The van der Waals surface area contributed by atoms with Crippen LogP contribution >= 0.6 is 0 Å². The van der Waals surface area contributed by atoms with Crippen LogP contribution in [0.4, 0.5) is 35.5 Å². The summed E-state index contributed by atoms with van der Waals surface area (Å²) in [7, 11) is 1.36. The minimum Gasteiger partial charge on any atom is -0.337 e. The van der Waals surface area contributed by atoms with Gasteiger partial charge >= 0.3 is 18.4 Å². The Labute approximate surface area is 257 Å². The van der Waals surface area contributed by atoms with Crippen molar-refractivity contribution in [2.45, 2.75) is 70.0 Å². The number of piperidine rings is 1. The molecule has 45 heavy (non-hydrogen) atoms. The molecule has 4 atom stereocenters. The van der Waals surface area contributed by atoms with E-state index in [-0.39, 0.29) is 29.5 Å². The van der Waals surface area contributed by atoms with Crippen LogP contribution in [-0.2, 0) is 17.1 Å². The molecular weight excluding hydrogens is 605 g/mol. The molecule has 6 nitrogen and oxygen atoms in total. The van der Waals surface area contributed by atoms with Crippen molar-refractivity contribution < 1.29 is 40.3 Å². The van der Waals surface area contributed by atoms with Gasteiger partial charge in [-0.15, -0.1) is 0 Å². The molecule has 3 aliphatic heterocycles. The minimum absolute atomic E-state index is 0.0700. The molecule has 0 bridgehead atoms. The summed E-state index contributed by atoms with van der Waals surface area (Å²) in [5.41, 5.74) is -1.80. The van der Waals surface area contributed by atoms with Gasteiger partial charge in [-0.3, -0.25) is 9.69 Å². The molecule has 0 saturated carbocycles. The van der Waals surface area contributed by atoms with Gasteiger partial charge in [0.2, 0.25) is 5.91 Å². The second-order valence-corrected chi connectivity index (χ2v) is 12.5. The molecule has 246 valence electrons. The van der Waals surface area contributed by atoms with E-state index in [2.05, 4.69) is 4.90 Å². The van der Waals surface area contributed by atoms with Gasteiger partial charge in [-0.2, -0.15) is 26.3 Å². The molecule has 0 radical (unpaired) electrons. The van der Waals surface area contributed by atoms with Gasteiger partial charge in [0.25, 0.3) is 0 Å². The van der Waals surface area contributed by atoms with Crippen LogP contribution in [-0.4, -0.2) is 77.4 Å². The topological polar surface area (TPSA) is 47.1 Å². The largest absolute Gasteiger partial charge is 0.416 e. The van der Waals surface area contributed by atoms with E-state index in [1.54, 1.807) is 17.9 Å². The van der Waals surface area contributed by atoms with E-state index in [0.29, 0.717) is 50.0 Å². The van der Waals surface area contributed by atoms with E-state index < -0.39 is 47.4 Å². The molecule has 3 fully saturated rings. The quantitative estimate of drug-likeness (QED) is 0.329. The van der Waals surface area contributed by atoms with Crippen molar-refractivity contribution >= 4 is 11.9 Å². The number of carbonyl (C=O) groups excluding carboxylic acids is 2. The van der Waals surface area contributed by atoms with Gasteiger partial charge in [0.15, 0.2) is 0 Å². The van der Waals surface area contributed by atoms with E-state index >= 15 is 0 Å². The summed E-state index contributed by atoms with van der Waals surface area (Å²) in [6.45, 7) is 6.41. The van der Waals surface area contributed by atoms with E-state index in [1.165, 1.54) is 26.1 Å². The monoisotopic (exact) mass is 642 g/mol. The number of rotatable bonds is 5. The molecule has 1 unspecified atom stereocenters. The molecule has 0 N–H and O–H groups in total. The number of alkyl halides is 6. The highest BCUT2D eigenvalue weighted by Crippen LogP contribution is 2.41. The zero-order valence-corrected chi connectivity index (χ0v) is 25.4. The van der Waals surface area contributed by atoms with Gasteiger partial charge in [-0.05, 0) is 86.1 Å². The Kier molecular flexibility index (Phi) is 9.14. The first-order chi connectivity index (χ1) is 21.0. The molecule has 3 heterocycles. The van der Waals surface area contributed by atoms with Crippen LogP contribution in [0.2, 0.25) is 0 Å². The molecule has 3 amide bonds. The van der Waals surface area contributed by atoms with Crippen molar-refractivity contribution in [1.82, 2.24) is 19.6 Å². The van der Waals surface area contributed by atoms with Crippen LogP contribution in [0, 0.1) is 18.7 Å². The minimum atomic E-state index is -5.01. The second-order valence-electron chi connectivity index (χ2n) is 12.5. The number of aryl methyl sites for hydroxylation is 1. The number of hydrogen-bond acceptors (Lipinski definition) is 3. The molecule has 3 saturated heterocycles. The molecule has 13 heteroatoms. The summed E-state index contributed by atoms with van der Waals surface area (Å²) in [6, 6.07) is 3.76. The lowest BCUT2D eigenvalue weighted by Crippen LogP contribution is -2.53. The second kappa shape index (κ2) is 12.4. The van der Waals surface area contributed by atoms with Crippen LogP contribution in [0.1, 0.15) is 72.5 Å². The molecule has 2 aromatic carbocycles. The molecule has 0 spiro atoms. The third-order valence-corrected chi connectivity index (χ3v) is 9.62. The predicted octanol–water partition coefficient (Wildman–Crippen LogP) is 7.04. The Morgan fingerprint density at radius 3 is 2.27 bits per heavy atom. The van der Waals surface area contributed by atoms with Crippen molar-refractivity contribution in [3.8, 4) is 0 Å². The van der Waals surface area contributed by atoms with Gasteiger partial charge in [-0.25, -0.2) is 9.18 Å². The number of halogens is 7. The summed E-state index contributed by atoms with van der Waals surface area (Å²) in [5, 5.41) is 0. The molecule has 5 rings (SSSR count). The molecule has 3 aliphatic rings. The van der Waals surface area contributed by atoms with Crippen molar-refractivity contribution in [2.24, 2.45) is 5.92 Å². The van der Waals surface area contributed by atoms with Gasteiger partial charge in [0.05, 0.1) is 23.2 Å². The fourth-order valence-corrected chi connectivity index (χ4v) is 7.01. The van der Waals surface area contributed by atoms with Crippen LogP contribution in [0.5, 0.6) is 0 Å². The predicted molar refractivity (Wildman–Crippen MR) is 153 cm³/mol. The maximum absolute atomic E-state index is 14.1. The Balaban J connectivity index is 1.38. The Bertz CT molecular complexity index is 1400. The fraction of sp³-hybridized carbons (Fsp3) is 0.562. The van der Waals surface area contributed by atoms with Gasteiger partial charge in [-0.1, -0.05) is 6.07 Å². The first kappa shape index (κ1) is 33.0. The number of urea groups is 1. The number of hydrogen-bond donors (Lipinski definition) is 0. The van der Waals surface area contributed by atoms with E-state index in [4.69, 9.17) is 0 Å². The zero-order valence-electron chi connectivity index (χ0n) is 25.4. The van der Waals surface area contributed by atoms with Crippen LogP contribution in [0.25, 0.3) is 0 Å². The van der Waals surface area contributed by atoms with Crippen molar-refractivity contribution in [1.29, 1.82) is 0 Å². The van der Waals surface area contributed by atoms with Gasteiger partial charge < -0.3 is 14.7 Å². The summed E-state index contributed by atoms with van der Waals surface area (Å²) < 4.78 is 95.3. The summed E-state index contributed by atoms with van der Waals surface area (Å²) >= 11 is 0. The summed E-state index contributed by atoms with van der Waals surface area (Å²) in [4.78, 5) is 33.1. The van der Waals surface area contributed by atoms with E-state index in [9.17, 15) is 40.3 Å². The summed E-state index contributed by atoms with van der Waals surface area (Å²) in [5.74, 6) is -0.0645. The van der Waals surface area contributed by atoms with Gasteiger partial charge in [0, 0.05) is 52.2 Å². The lowest BCUT2D eigenvalue weighted by molar-refractivity contribution is -0.143. The maximum atomic E-state index is 14.1. The number of amides is 3. The summed E-state index contributed by atoms with van der Waals surface area (Å²) in [6.07, 6.45) is -7.44. The zero-order chi connectivity index (χ0) is 32.8. The number of likely N-dealkylation sites (tertiary alicyclic amines) is 1. The van der Waals surface area contributed by atoms with E-state index in [0.717, 1.165) is 36.5 Å². The number of carbonyl (C=O) groups is 2. The number of fused-ring (bicyclic) bond motifs is 1. The Morgan fingerprint density at radius 2 is 1.64 bits per heavy atom. The van der Waals surface area contributed by atoms with Crippen molar-refractivity contribution in [2.75, 3.05) is 39.8 Å². The average Bonchev–Trinajstić information content (AvgIpc) is 3.34. The highest BCUT2D eigenvalue weighted by Gasteiger charge is 2.41. The normalized spacial score (nSPS) is 23.7. The molecule has 0 aromatic heterocycles. The third kappa shape index (κ3) is 7.07. The van der Waals surface area contributed by atoms with E-state index in [1.807, 2.05) is 4.90 Å². The van der Waals surface area contributed by atoms with Crippen molar-refractivity contribution in [3.05, 3.63) is 70.0 Å². The first-order valence-electron chi connectivity index (χ1n) is 15.1. The van der Waals surface area contributed by atoms with Crippen LogP contribution in [0.3, 0.4) is 0 Å². The number of benzene rings is 2. The standard InChI is InChI=1S/C32H37F7N4O2/c1-19-12-25(33)4-6-27(19)28-13-21(17-41-10-11-42-26(18-41)5-7-29(42)44)8-9-43(28)30(45)40(3)20(2)22-14-23(31(34,35)36)16-24(15-22)32(37,38)39/h4,6,12,14-16,20-21,26,28H,5,7-11,13,17-18H2,1-3H3/t20-,21+,26+,28?/m1/s1. The Hall–Kier alpha value is -3.35. The van der Waals surface area contributed by atoms with Gasteiger partial charge in [0.1, 0.15) is 5.82 Å². The van der Waals surface area contributed by atoms with Crippen LogP contribution in [0.15, 0.2) is 36.4 Å². The highest BCUT2D eigenvalue weighted by atomic mass is 19.4. The SMILES string of the molecule is Cc1cc(F)ccc1C1C[C@@H](CN2CCN3C(=O)CC[C@H]3C2)CCN1C(=O)N(C)[C@H](C)c1cc(C(F)(F)F)cc(C(F)(F)F)c1. The Morgan fingerprint density at radius 1 is 0.978 bits per heavy atom. The smallest absolute Gasteiger partial charge is 0.337 e. The van der Waals surface area contributed by atoms with Crippen LogP contribution < -0.4 is 0 Å². The maximum Gasteiger partial charge on any atom is 0.416 e. The van der Waals surface area contributed by atoms with Crippen molar-refractivity contribution in [3.63, 3.8) is 0 Å². The molecular formula is C32H37F7N4O2. The highest BCUT2D eigenvalue weighted by molar-refractivity contribution is 5.79.